The largest absolute Gasteiger partial charge is 0.490 e. The molecule has 14 heteroatoms. The molecule has 212 valence electrons. The van der Waals surface area contributed by atoms with Crippen LogP contribution < -0.4 is 15.5 Å². The first-order valence-electron chi connectivity index (χ1n) is 12.6. The molecular weight excluding hydrogens is 534 g/mol. The first kappa shape index (κ1) is 27.4. The fraction of sp³-hybridized carbons (Fsp3) is 0.385. The number of aryl methyl sites for hydroxylation is 2. The molecule has 2 aliphatic heterocycles. The molecule has 0 bridgehead atoms. The van der Waals surface area contributed by atoms with Gasteiger partial charge in [0.15, 0.2) is 11.5 Å². The van der Waals surface area contributed by atoms with Crippen LogP contribution in [0, 0.1) is 12.7 Å². The van der Waals surface area contributed by atoms with Crippen molar-refractivity contribution >= 4 is 39.8 Å². The average Bonchev–Trinajstić information content (AvgIpc) is 3.44. The van der Waals surface area contributed by atoms with Crippen LogP contribution in [-0.2, 0) is 11.8 Å². The van der Waals surface area contributed by atoms with Gasteiger partial charge < -0.3 is 25.0 Å². The Morgan fingerprint density at radius 2 is 1.80 bits per heavy atom. The zero-order valence-corrected chi connectivity index (χ0v) is 21.7. The van der Waals surface area contributed by atoms with Gasteiger partial charge in [-0.15, -0.1) is 0 Å². The van der Waals surface area contributed by atoms with Gasteiger partial charge in [-0.25, -0.2) is 14.2 Å². The lowest BCUT2D eigenvalue weighted by molar-refractivity contribution is -0.192. The maximum atomic E-state index is 14.5. The lowest BCUT2D eigenvalue weighted by atomic mass is 9.79. The minimum Gasteiger partial charge on any atom is -0.475 e. The number of anilines is 2. The number of aromatic nitrogens is 4. The van der Waals surface area contributed by atoms with Gasteiger partial charge in [-0.2, -0.15) is 18.3 Å². The highest BCUT2D eigenvalue weighted by Gasteiger charge is 2.40. The van der Waals surface area contributed by atoms with Crippen LogP contribution in [0.15, 0.2) is 36.8 Å². The third-order valence-corrected chi connectivity index (χ3v) is 7.30. The van der Waals surface area contributed by atoms with E-state index in [2.05, 4.69) is 25.6 Å². The van der Waals surface area contributed by atoms with E-state index in [-0.39, 0.29) is 11.6 Å². The second-order valence-electron chi connectivity index (χ2n) is 10.1. The first-order chi connectivity index (χ1) is 18.8. The monoisotopic (exact) mass is 561 g/mol. The van der Waals surface area contributed by atoms with Crippen LogP contribution in [0.1, 0.15) is 35.3 Å². The van der Waals surface area contributed by atoms with Gasteiger partial charge in [-0.05, 0) is 44.9 Å². The number of piperidine rings is 1. The van der Waals surface area contributed by atoms with Crippen LogP contribution in [0.2, 0.25) is 0 Å². The third kappa shape index (κ3) is 5.30. The van der Waals surface area contributed by atoms with E-state index in [0.29, 0.717) is 28.0 Å². The summed E-state index contributed by atoms with van der Waals surface area (Å²) in [7, 11) is 1.86. The van der Waals surface area contributed by atoms with Gasteiger partial charge in [-0.3, -0.25) is 9.48 Å². The van der Waals surface area contributed by atoms with Crippen molar-refractivity contribution in [3.05, 3.63) is 53.9 Å². The van der Waals surface area contributed by atoms with Crippen molar-refractivity contribution < 1.29 is 32.3 Å². The molecule has 0 radical (unpaired) electrons. The van der Waals surface area contributed by atoms with Crippen LogP contribution in [0.4, 0.5) is 28.9 Å². The standard InChI is InChI=1S/C24H26FN7O.C2HF3O2/c1-15-12-32-13-16(11-19(25)22(32)27-15)28-23(33)17-3-4-20(18-14-30(2)29-21(17)18)31-9-6-24(7-10-31)5-8-26-24;3-2(4,5)1(6)7/h3-4,11-14,26H,5-10H2,1-2H3,(H,28,33);(H,6,7). The highest BCUT2D eigenvalue weighted by molar-refractivity contribution is 6.13. The maximum absolute atomic E-state index is 14.5. The number of carboxylic acid groups (broad SMARTS) is 1. The lowest BCUT2D eigenvalue weighted by Crippen LogP contribution is -2.61. The number of benzene rings is 1. The first-order valence-corrected chi connectivity index (χ1v) is 12.6. The number of alkyl halides is 3. The van der Waals surface area contributed by atoms with E-state index in [1.165, 1.54) is 12.5 Å². The van der Waals surface area contributed by atoms with E-state index < -0.39 is 18.0 Å². The van der Waals surface area contributed by atoms with Gasteiger partial charge in [0.25, 0.3) is 5.91 Å². The van der Waals surface area contributed by atoms with Gasteiger partial charge in [0.1, 0.15) is 5.52 Å². The van der Waals surface area contributed by atoms with E-state index >= 15 is 0 Å². The summed E-state index contributed by atoms with van der Waals surface area (Å²) in [6.45, 7) is 4.88. The number of pyridine rings is 1. The minimum atomic E-state index is -5.08. The van der Waals surface area contributed by atoms with Crippen molar-refractivity contribution in [3.8, 4) is 0 Å². The molecule has 6 rings (SSSR count). The van der Waals surface area contributed by atoms with Crippen molar-refractivity contribution in [3.63, 3.8) is 0 Å². The molecule has 1 aromatic carbocycles. The number of rotatable bonds is 3. The van der Waals surface area contributed by atoms with Gasteiger partial charge in [0.05, 0.1) is 16.9 Å². The summed E-state index contributed by atoms with van der Waals surface area (Å²) in [5.74, 6) is -3.56. The Kier molecular flexibility index (Phi) is 6.90. The van der Waals surface area contributed by atoms with E-state index in [1.807, 2.05) is 25.4 Å². The number of hydrogen-bond donors (Lipinski definition) is 3. The number of nitrogens with one attached hydrogen (secondary N) is 2. The fourth-order valence-electron chi connectivity index (χ4n) is 5.19. The van der Waals surface area contributed by atoms with Crippen LogP contribution in [0.25, 0.3) is 16.6 Å². The molecular formula is C26H27F4N7O3. The molecule has 0 atom stereocenters. The Morgan fingerprint density at radius 3 is 2.40 bits per heavy atom. The number of fused-ring (bicyclic) bond motifs is 2. The third-order valence-electron chi connectivity index (χ3n) is 7.30. The molecule has 1 spiro atoms. The second-order valence-corrected chi connectivity index (χ2v) is 10.1. The fourth-order valence-corrected chi connectivity index (χ4v) is 5.19. The predicted octanol–water partition coefficient (Wildman–Crippen LogP) is 3.89. The minimum absolute atomic E-state index is 0.238. The normalized spacial score (nSPS) is 16.5. The number of carboxylic acids is 1. The summed E-state index contributed by atoms with van der Waals surface area (Å²) < 4.78 is 49.5. The number of aliphatic carboxylic acids is 1. The summed E-state index contributed by atoms with van der Waals surface area (Å²) in [6.07, 6.45) is 3.78. The van der Waals surface area contributed by atoms with Crippen molar-refractivity contribution in [1.29, 1.82) is 0 Å². The SMILES string of the molecule is Cc1cn2cc(NC(=O)c3ccc(N4CCC5(CCN5)CC4)c4cn(C)nc34)cc(F)c2n1.O=C(O)C(F)(F)F. The number of hydrogen-bond acceptors (Lipinski definition) is 6. The molecule has 3 N–H and O–H groups in total. The Morgan fingerprint density at radius 1 is 1.12 bits per heavy atom. The second kappa shape index (κ2) is 10.1. The number of carbonyl (C=O) groups is 2. The van der Waals surface area contributed by atoms with Gasteiger partial charge >= 0.3 is 12.1 Å². The zero-order chi connectivity index (χ0) is 28.8. The van der Waals surface area contributed by atoms with Crippen LogP contribution in [-0.4, -0.2) is 67.5 Å². The van der Waals surface area contributed by atoms with Gasteiger partial charge in [-0.1, -0.05) is 0 Å². The molecule has 0 aliphatic carbocycles. The van der Waals surface area contributed by atoms with Crippen molar-refractivity contribution in [1.82, 2.24) is 24.5 Å². The molecule has 2 aliphatic rings. The Labute approximate surface area is 225 Å². The highest BCUT2D eigenvalue weighted by Crippen LogP contribution is 2.36. The van der Waals surface area contributed by atoms with Crippen LogP contribution >= 0.6 is 0 Å². The lowest BCUT2D eigenvalue weighted by Gasteiger charge is -2.49. The van der Waals surface area contributed by atoms with Crippen molar-refractivity contribution in [2.75, 3.05) is 29.9 Å². The molecule has 2 fully saturated rings. The summed E-state index contributed by atoms with van der Waals surface area (Å²) in [4.78, 5) is 28.6. The van der Waals surface area contributed by atoms with Crippen LogP contribution in [0.5, 0.6) is 0 Å². The topological polar surface area (TPSA) is 117 Å². The van der Waals surface area contributed by atoms with Gasteiger partial charge in [0.2, 0.25) is 0 Å². The summed E-state index contributed by atoms with van der Waals surface area (Å²) >= 11 is 0. The Balaban J connectivity index is 0.000000411. The molecule has 40 heavy (non-hydrogen) atoms. The average molecular weight is 562 g/mol. The molecule has 3 aromatic heterocycles. The van der Waals surface area contributed by atoms with Crippen LogP contribution in [0.3, 0.4) is 0 Å². The number of carbonyl (C=O) groups excluding carboxylic acids is 1. The molecule has 1 amide bonds. The Bertz CT molecular complexity index is 1600. The summed E-state index contributed by atoms with van der Waals surface area (Å²) in [5, 5.41) is 19.1. The Hall–Kier alpha value is -4.20. The highest BCUT2D eigenvalue weighted by atomic mass is 19.4. The van der Waals surface area contributed by atoms with E-state index in [1.54, 1.807) is 28.4 Å². The van der Waals surface area contributed by atoms with Crippen molar-refractivity contribution in [2.45, 2.75) is 37.9 Å². The van der Waals surface area contributed by atoms with E-state index in [9.17, 15) is 22.4 Å². The smallest absolute Gasteiger partial charge is 0.475 e. The quantitative estimate of drug-likeness (QED) is 0.325. The number of amides is 1. The van der Waals surface area contributed by atoms with Crippen molar-refractivity contribution in [2.24, 2.45) is 7.05 Å². The maximum Gasteiger partial charge on any atom is 0.490 e. The zero-order valence-electron chi connectivity index (χ0n) is 21.7. The van der Waals surface area contributed by atoms with Gasteiger partial charge in [0, 0.05) is 61.4 Å². The van der Waals surface area contributed by atoms with E-state index in [0.717, 1.165) is 43.5 Å². The molecule has 4 aromatic rings. The summed E-state index contributed by atoms with van der Waals surface area (Å²) in [6, 6.07) is 5.12. The van der Waals surface area contributed by atoms with E-state index in [4.69, 9.17) is 9.90 Å². The molecule has 10 nitrogen and oxygen atoms in total. The molecule has 2 saturated heterocycles. The number of nitrogens with zero attached hydrogens (tertiary/aromatic N) is 5. The molecule has 0 unspecified atom stereocenters. The molecule has 5 heterocycles. The number of halogens is 4. The number of imidazole rings is 1. The molecule has 0 saturated carbocycles. The summed E-state index contributed by atoms with van der Waals surface area (Å²) in [5.41, 5.74) is 3.85. The predicted molar refractivity (Wildman–Crippen MR) is 139 cm³/mol.